The molecule has 7 nitrogen and oxygen atoms in total. The minimum atomic E-state index is -0.683. The minimum absolute atomic E-state index is 0.171. The predicted octanol–water partition coefficient (Wildman–Crippen LogP) is 4.16. The summed E-state index contributed by atoms with van der Waals surface area (Å²) in [5.74, 6) is 0. The molecule has 4 heterocycles. The van der Waals surface area contributed by atoms with Crippen molar-refractivity contribution in [2.75, 3.05) is 31.1 Å². The van der Waals surface area contributed by atoms with Crippen LogP contribution in [0, 0.1) is 0 Å². The number of nitrogens with zero attached hydrogens (tertiary/aromatic N) is 3. The van der Waals surface area contributed by atoms with Crippen molar-refractivity contribution >= 4 is 23.0 Å². The number of anilines is 1. The zero-order valence-electron chi connectivity index (χ0n) is 23.4. The molecule has 4 N–H and O–H groups in total. The largest absolute Gasteiger partial charge is 0.383 e. The lowest BCUT2D eigenvalue weighted by atomic mass is 9.84. The molecule has 4 atom stereocenters. The molecule has 5 aliphatic rings. The Morgan fingerprint density at radius 1 is 1.03 bits per heavy atom. The van der Waals surface area contributed by atoms with E-state index >= 15 is 0 Å². The first-order chi connectivity index (χ1) is 18.9. The number of aliphatic imine (C=N–C) groups is 1. The number of nitrogens with one attached hydrogen (secondary N) is 2. The molecule has 2 saturated heterocycles. The van der Waals surface area contributed by atoms with E-state index in [2.05, 4.69) is 81.9 Å². The summed E-state index contributed by atoms with van der Waals surface area (Å²) in [5.41, 5.74) is 7.78. The van der Waals surface area contributed by atoms with Crippen molar-refractivity contribution in [1.82, 2.24) is 15.5 Å². The number of piperidine rings is 1. The average Bonchev–Trinajstić information content (AvgIpc) is 3.38. The molecular formula is C32H43N5O2. The first-order valence-electron chi connectivity index (χ1n) is 14.8. The van der Waals surface area contributed by atoms with E-state index in [-0.39, 0.29) is 17.9 Å². The van der Waals surface area contributed by atoms with Crippen LogP contribution in [0.1, 0.15) is 69.9 Å². The molecule has 4 aliphatic heterocycles. The van der Waals surface area contributed by atoms with Crippen LogP contribution in [0.3, 0.4) is 0 Å². The molecule has 1 aromatic rings. The molecule has 7 heteroatoms. The van der Waals surface area contributed by atoms with Crippen LogP contribution in [0.15, 0.2) is 58.9 Å². The van der Waals surface area contributed by atoms with E-state index in [0.717, 1.165) is 69.4 Å². The standard InChI is InChI=1S/C32H43N5O2/c1-22-10-11-25(37-15-4-3-9-31(37)39)19-29(22)35-32(2)28(20-34-32)24-16-23(27-8-7-12-33-21-30(27)38)17-26(18-24)36-13-5-6-14-36/h8,10-11,16-18,20-21,29-31,34-35,38-39H,3-7,9,12-15,19H2,1-2H3. The number of hydrogen-bond acceptors (Lipinski definition) is 7. The van der Waals surface area contributed by atoms with E-state index in [9.17, 15) is 10.2 Å². The molecule has 0 saturated carbocycles. The maximum absolute atomic E-state index is 10.9. The topological polar surface area (TPSA) is 83.4 Å². The van der Waals surface area contributed by atoms with Gasteiger partial charge in [0.2, 0.25) is 0 Å². The third-order valence-corrected chi connectivity index (χ3v) is 9.07. The van der Waals surface area contributed by atoms with Crippen LogP contribution in [-0.4, -0.2) is 71.5 Å². The van der Waals surface area contributed by atoms with E-state index < -0.39 is 6.10 Å². The molecule has 4 unspecified atom stereocenters. The fraction of sp³-hybridized carbons (Fsp3) is 0.531. The van der Waals surface area contributed by atoms with Gasteiger partial charge in [-0.15, -0.1) is 0 Å². The van der Waals surface area contributed by atoms with E-state index in [0.29, 0.717) is 0 Å². The summed E-state index contributed by atoms with van der Waals surface area (Å²) < 4.78 is 0. The molecule has 1 aliphatic carbocycles. The summed E-state index contributed by atoms with van der Waals surface area (Å²) in [6.45, 7) is 8.19. The average molecular weight is 530 g/mol. The molecule has 208 valence electrons. The van der Waals surface area contributed by atoms with Gasteiger partial charge in [-0.3, -0.25) is 10.3 Å². The van der Waals surface area contributed by atoms with Crippen LogP contribution in [0.2, 0.25) is 0 Å². The molecule has 0 radical (unpaired) electrons. The molecular weight excluding hydrogens is 486 g/mol. The van der Waals surface area contributed by atoms with Crippen LogP contribution in [0.25, 0.3) is 11.1 Å². The highest BCUT2D eigenvalue weighted by Gasteiger charge is 2.39. The fourth-order valence-electron chi connectivity index (χ4n) is 6.66. The van der Waals surface area contributed by atoms with Crippen molar-refractivity contribution in [3.8, 4) is 0 Å². The van der Waals surface area contributed by atoms with Crippen LogP contribution < -0.4 is 15.5 Å². The highest BCUT2D eigenvalue weighted by molar-refractivity contribution is 5.89. The highest BCUT2D eigenvalue weighted by Crippen LogP contribution is 2.38. The number of rotatable bonds is 6. The lowest BCUT2D eigenvalue weighted by Gasteiger charge is -2.46. The zero-order chi connectivity index (χ0) is 27.0. The number of benzene rings is 1. The first-order valence-corrected chi connectivity index (χ1v) is 14.8. The predicted molar refractivity (Wildman–Crippen MR) is 159 cm³/mol. The molecule has 0 amide bonds. The van der Waals surface area contributed by atoms with Crippen molar-refractivity contribution in [1.29, 1.82) is 0 Å². The molecule has 0 bridgehead atoms. The van der Waals surface area contributed by atoms with Crippen LogP contribution in [-0.2, 0) is 0 Å². The van der Waals surface area contributed by atoms with E-state index in [1.807, 2.05) is 0 Å². The number of aliphatic hydroxyl groups is 2. The zero-order valence-corrected chi connectivity index (χ0v) is 23.4. The number of allylic oxidation sites excluding steroid dienone is 2. The third-order valence-electron chi connectivity index (χ3n) is 9.07. The van der Waals surface area contributed by atoms with Crippen molar-refractivity contribution < 1.29 is 10.2 Å². The van der Waals surface area contributed by atoms with Gasteiger partial charge < -0.3 is 25.3 Å². The fourth-order valence-corrected chi connectivity index (χ4v) is 6.66. The Morgan fingerprint density at radius 2 is 1.82 bits per heavy atom. The van der Waals surface area contributed by atoms with Crippen LogP contribution >= 0.6 is 0 Å². The van der Waals surface area contributed by atoms with Gasteiger partial charge in [0.1, 0.15) is 18.0 Å². The number of likely N-dealkylation sites (tertiary alicyclic amines) is 1. The normalized spacial score (nSPS) is 31.0. The van der Waals surface area contributed by atoms with E-state index in [1.54, 1.807) is 6.21 Å². The Kier molecular flexibility index (Phi) is 7.40. The van der Waals surface area contributed by atoms with Crippen molar-refractivity contribution in [3.63, 3.8) is 0 Å². The summed E-state index contributed by atoms with van der Waals surface area (Å²) in [5, 5.41) is 29.0. The lowest BCUT2D eigenvalue weighted by Crippen LogP contribution is -2.62. The third kappa shape index (κ3) is 5.32. The molecule has 0 spiro atoms. The quantitative estimate of drug-likeness (QED) is 0.443. The lowest BCUT2D eigenvalue weighted by molar-refractivity contribution is -0.00336. The van der Waals surface area contributed by atoms with Gasteiger partial charge >= 0.3 is 0 Å². The van der Waals surface area contributed by atoms with Crippen molar-refractivity contribution in [2.45, 2.75) is 82.8 Å². The van der Waals surface area contributed by atoms with Crippen molar-refractivity contribution in [3.05, 3.63) is 65.0 Å². The van der Waals surface area contributed by atoms with Gasteiger partial charge in [-0.1, -0.05) is 17.7 Å². The Bertz CT molecular complexity index is 1240. The monoisotopic (exact) mass is 529 g/mol. The van der Waals surface area contributed by atoms with Gasteiger partial charge in [-0.25, -0.2) is 0 Å². The van der Waals surface area contributed by atoms with Gasteiger partial charge in [0.15, 0.2) is 0 Å². The smallest absolute Gasteiger partial charge is 0.126 e. The molecule has 39 heavy (non-hydrogen) atoms. The Morgan fingerprint density at radius 3 is 2.59 bits per heavy atom. The Labute approximate surface area is 232 Å². The second kappa shape index (κ2) is 11.0. The van der Waals surface area contributed by atoms with Crippen LogP contribution in [0.5, 0.6) is 0 Å². The SMILES string of the molecule is CC1=CC=C(N2CCCCC2O)CC1NC1(C)NC=C1c1cc(C2=CCCN=CC2O)cc(N2CCCC2)c1. The van der Waals surface area contributed by atoms with E-state index in [4.69, 9.17) is 0 Å². The summed E-state index contributed by atoms with van der Waals surface area (Å²) >= 11 is 0. The Balaban J connectivity index is 1.27. The molecule has 1 aromatic carbocycles. The second-order valence-electron chi connectivity index (χ2n) is 11.9. The number of hydrogen-bond donors (Lipinski definition) is 4. The molecule has 0 aromatic heterocycles. The van der Waals surface area contributed by atoms with Crippen molar-refractivity contribution in [2.24, 2.45) is 4.99 Å². The summed E-state index contributed by atoms with van der Waals surface area (Å²) in [4.78, 5) is 9.01. The van der Waals surface area contributed by atoms with Crippen LogP contribution in [0.4, 0.5) is 5.69 Å². The first kappa shape index (κ1) is 26.4. The van der Waals surface area contributed by atoms with Gasteiger partial charge in [0.25, 0.3) is 0 Å². The van der Waals surface area contributed by atoms with Gasteiger partial charge in [-0.2, -0.15) is 0 Å². The highest BCUT2D eigenvalue weighted by atomic mass is 16.3. The summed E-state index contributed by atoms with van der Waals surface area (Å²) in [7, 11) is 0. The van der Waals surface area contributed by atoms with E-state index in [1.165, 1.54) is 40.9 Å². The molecule has 6 rings (SSSR count). The van der Waals surface area contributed by atoms with Gasteiger partial charge in [-0.05, 0) is 93.3 Å². The Hall–Kier alpha value is -2.87. The number of aliphatic hydroxyl groups excluding tert-OH is 2. The maximum Gasteiger partial charge on any atom is 0.126 e. The maximum atomic E-state index is 10.9. The molecule has 2 fully saturated rings. The van der Waals surface area contributed by atoms with Gasteiger partial charge in [0, 0.05) is 68.0 Å². The van der Waals surface area contributed by atoms with Gasteiger partial charge in [0.05, 0.1) is 0 Å². The summed E-state index contributed by atoms with van der Waals surface area (Å²) in [6.07, 6.45) is 16.5. The second-order valence-corrected chi connectivity index (χ2v) is 11.9. The minimum Gasteiger partial charge on any atom is -0.383 e. The summed E-state index contributed by atoms with van der Waals surface area (Å²) in [6, 6.07) is 6.97.